The monoisotopic (exact) mass is 388 g/mol. The summed E-state index contributed by atoms with van der Waals surface area (Å²) < 4.78 is 40.4. The molecule has 4 rings (SSSR count). The van der Waals surface area contributed by atoms with Crippen LogP contribution in [0.4, 0.5) is 4.39 Å². The Morgan fingerprint density at radius 2 is 1.85 bits per heavy atom. The minimum atomic E-state index is -3.70. The van der Waals surface area contributed by atoms with Crippen molar-refractivity contribution in [3.05, 3.63) is 54.6 Å². The molecule has 1 saturated heterocycles. The standard InChI is InChI=1S/C17H17FN6O2S/c18-14-3-5-16(6-4-14)27(25,26)23-11-1-2-15(23)12-24-21-17(20-22-24)13-7-9-19-10-8-13/h3-10,15H,1-2,11-12H2/t15-/m0/s1. The Morgan fingerprint density at radius 3 is 2.59 bits per heavy atom. The number of nitrogens with zero attached hydrogens (tertiary/aromatic N) is 6. The van der Waals surface area contributed by atoms with Crippen LogP contribution in [-0.4, -0.2) is 50.5 Å². The highest BCUT2D eigenvalue weighted by Gasteiger charge is 2.36. The molecule has 1 fully saturated rings. The summed E-state index contributed by atoms with van der Waals surface area (Å²) in [5, 5.41) is 12.4. The van der Waals surface area contributed by atoms with Crippen molar-refractivity contribution < 1.29 is 12.8 Å². The summed E-state index contributed by atoms with van der Waals surface area (Å²) in [5.41, 5.74) is 0.790. The van der Waals surface area contributed by atoms with Gasteiger partial charge in [0.2, 0.25) is 15.8 Å². The minimum absolute atomic E-state index is 0.0832. The molecule has 2 aromatic heterocycles. The van der Waals surface area contributed by atoms with Gasteiger partial charge in [-0.1, -0.05) is 0 Å². The Morgan fingerprint density at radius 1 is 1.11 bits per heavy atom. The van der Waals surface area contributed by atoms with E-state index in [4.69, 9.17) is 0 Å². The molecule has 3 aromatic rings. The van der Waals surface area contributed by atoms with E-state index in [1.165, 1.54) is 21.2 Å². The zero-order valence-corrected chi connectivity index (χ0v) is 15.1. The molecule has 3 heterocycles. The first-order valence-corrected chi connectivity index (χ1v) is 9.94. The topological polar surface area (TPSA) is 93.9 Å². The average Bonchev–Trinajstić information content (AvgIpc) is 3.33. The average molecular weight is 388 g/mol. The summed E-state index contributed by atoms with van der Waals surface area (Å²) in [5.74, 6) is -0.00859. The largest absolute Gasteiger partial charge is 0.265 e. The van der Waals surface area contributed by atoms with Gasteiger partial charge in [0.05, 0.1) is 11.4 Å². The van der Waals surface area contributed by atoms with Crippen molar-refractivity contribution in [2.24, 2.45) is 0 Å². The lowest BCUT2D eigenvalue weighted by Gasteiger charge is -2.23. The predicted molar refractivity (Wildman–Crippen MR) is 94.4 cm³/mol. The van der Waals surface area contributed by atoms with Gasteiger partial charge in [0.25, 0.3) is 0 Å². The van der Waals surface area contributed by atoms with E-state index in [1.54, 1.807) is 24.5 Å². The fourth-order valence-electron chi connectivity index (χ4n) is 3.18. The first kappa shape index (κ1) is 17.7. The number of sulfonamides is 1. The van der Waals surface area contributed by atoms with Gasteiger partial charge in [-0.05, 0) is 54.5 Å². The van der Waals surface area contributed by atoms with E-state index in [9.17, 15) is 12.8 Å². The lowest BCUT2D eigenvalue weighted by molar-refractivity contribution is 0.323. The van der Waals surface area contributed by atoms with Crippen molar-refractivity contribution in [1.29, 1.82) is 0 Å². The second-order valence-corrected chi connectivity index (χ2v) is 8.16. The van der Waals surface area contributed by atoms with Gasteiger partial charge in [-0.15, -0.1) is 10.2 Å². The minimum Gasteiger partial charge on any atom is -0.265 e. The molecule has 0 aliphatic carbocycles. The smallest absolute Gasteiger partial charge is 0.243 e. The quantitative estimate of drug-likeness (QED) is 0.661. The normalized spacial score (nSPS) is 18.0. The van der Waals surface area contributed by atoms with Gasteiger partial charge in [-0.25, -0.2) is 12.8 Å². The summed E-state index contributed by atoms with van der Waals surface area (Å²) in [7, 11) is -3.70. The maximum absolute atomic E-state index is 13.1. The number of tetrazole rings is 1. The van der Waals surface area contributed by atoms with Crippen LogP contribution in [0.1, 0.15) is 12.8 Å². The summed E-state index contributed by atoms with van der Waals surface area (Å²) >= 11 is 0. The third kappa shape index (κ3) is 3.58. The lowest BCUT2D eigenvalue weighted by Crippen LogP contribution is -2.38. The molecule has 0 spiro atoms. The molecule has 0 saturated carbocycles. The SMILES string of the molecule is O=S(=O)(c1ccc(F)cc1)N1CCC[C@H]1Cn1nnc(-c2ccncc2)n1. The third-order valence-electron chi connectivity index (χ3n) is 4.51. The zero-order valence-electron chi connectivity index (χ0n) is 14.3. The van der Waals surface area contributed by atoms with Crippen molar-refractivity contribution in [3.63, 3.8) is 0 Å². The molecule has 1 aliphatic heterocycles. The van der Waals surface area contributed by atoms with Gasteiger partial charge in [-0.3, -0.25) is 4.98 Å². The Hall–Kier alpha value is -2.72. The van der Waals surface area contributed by atoms with E-state index in [2.05, 4.69) is 20.4 Å². The van der Waals surface area contributed by atoms with Gasteiger partial charge < -0.3 is 0 Å². The zero-order chi connectivity index (χ0) is 18.9. The van der Waals surface area contributed by atoms with Crippen molar-refractivity contribution in [1.82, 2.24) is 29.5 Å². The number of pyridine rings is 1. The molecular formula is C17H17FN6O2S. The Labute approximate surface area is 155 Å². The molecule has 0 amide bonds. The van der Waals surface area contributed by atoms with Crippen molar-refractivity contribution in [3.8, 4) is 11.4 Å². The van der Waals surface area contributed by atoms with Crippen LogP contribution in [0, 0.1) is 5.82 Å². The number of aromatic nitrogens is 5. The molecule has 0 radical (unpaired) electrons. The van der Waals surface area contributed by atoms with Gasteiger partial charge in [0.1, 0.15) is 5.82 Å². The van der Waals surface area contributed by atoms with E-state index in [0.717, 1.165) is 24.1 Å². The van der Waals surface area contributed by atoms with Crippen LogP contribution in [0.2, 0.25) is 0 Å². The first-order valence-electron chi connectivity index (χ1n) is 8.50. The molecule has 1 aliphatic rings. The van der Waals surface area contributed by atoms with Crippen LogP contribution in [0.25, 0.3) is 11.4 Å². The number of halogens is 1. The van der Waals surface area contributed by atoms with E-state index >= 15 is 0 Å². The molecule has 8 nitrogen and oxygen atoms in total. The summed E-state index contributed by atoms with van der Waals surface area (Å²) in [6.45, 7) is 0.717. The molecule has 0 bridgehead atoms. The van der Waals surface area contributed by atoms with Gasteiger partial charge >= 0.3 is 0 Å². The molecule has 10 heteroatoms. The number of rotatable bonds is 5. The second kappa shape index (κ2) is 7.12. The Kier molecular flexibility index (Phi) is 4.66. The highest BCUT2D eigenvalue weighted by molar-refractivity contribution is 7.89. The number of hydrogen-bond acceptors (Lipinski definition) is 6. The van der Waals surface area contributed by atoms with Crippen molar-refractivity contribution >= 4 is 10.0 Å². The molecule has 1 aromatic carbocycles. The Bertz CT molecular complexity index is 1020. The lowest BCUT2D eigenvalue weighted by atomic mass is 10.2. The summed E-state index contributed by atoms with van der Waals surface area (Å²) in [6.07, 6.45) is 4.73. The maximum atomic E-state index is 13.1. The van der Waals surface area contributed by atoms with Crippen LogP contribution in [-0.2, 0) is 16.6 Å². The molecule has 1 atom stereocenters. The van der Waals surface area contributed by atoms with Crippen LogP contribution in [0.5, 0.6) is 0 Å². The van der Waals surface area contributed by atoms with Crippen LogP contribution in [0.15, 0.2) is 53.7 Å². The fraction of sp³-hybridized carbons (Fsp3) is 0.294. The van der Waals surface area contributed by atoms with Gasteiger partial charge in [-0.2, -0.15) is 9.10 Å². The van der Waals surface area contributed by atoms with Gasteiger partial charge in [0.15, 0.2) is 0 Å². The highest BCUT2D eigenvalue weighted by Crippen LogP contribution is 2.27. The summed E-state index contributed by atoms with van der Waals surface area (Å²) in [4.78, 5) is 5.45. The predicted octanol–water partition coefficient (Wildman–Crippen LogP) is 1.73. The van der Waals surface area contributed by atoms with Gasteiger partial charge in [0, 0.05) is 30.5 Å². The van der Waals surface area contributed by atoms with Crippen molar-refractivity contribution in [2.75, 3.05) is 6.54 Å². The third-order valence-corrected chi connectivity index (χ3v) is 6.47. The molecule has 140 valence electrons. The molecule has 27 heavy (non-hydrogen) atoms. The molecule has 0 N–H and O–H groups in total. The van der Waals surface area contributed by atoms with E-state index in [-0.39, 0.29) is 10.9 Å². The fourth-order valence-corrected chi connectivity index (χ4v) is 4.86. The number of benzene rings is 1. The van der Waals surface area contributed by atoms with Crippen LogP contribution < -0.4 is 0 Å². The molecular weight excluding hydrogens is 371 g/mol. The highest BCUT2D eigenvalue weighted by atomic mass is 32.2. The van der Waals surface area contributed by atoms with Crippen LogP contribution in [0.3, 0.4) is 0 Å². The van der Waals surface area contributed by atoms with Crippen LogP contribution >= 0.6 is 0 Å². The van der Waals surface area contributed by atoms with Crippen molar-refractivity contribution in [2.45, 2.75) is 30.3 Å². The van der Waals surface area contributed by atoms with E-state index < -0.39 is 15.8 Å². The summed E-state index contributed by atoms with van der Waals surface area (Å²) in [6, 6.07) is 8.16. The first-order chi connectivity index (χ1) is 13.0. The van der Waals surface area contributed by atoms with E-state index in [1.807, 2.05) is 0 Å². The Balaban J connectivity index is 1.54. The second-order valence-electron chi connectivity index (χ2n) is 6.27. The maximum Gasteiger partial charge on any atom is 0.243 e. The van der Waals surface area contributed by atoms with E-state index in [0.29, 0.717) is 25.3 Å². The molecule has 0 unspecified atom stereocenters. The number of hydrogen-bond donors (Lipinski definition) is 0.